The Morgan fingerprint density at radius 2 is 1.90 bits per heavy atom. The lowest BCUT2D eigenvalue weighted by Gasteiger charge is -2.04. The predicted molar refractivity (Wildman–Crippen MR) is 85.8 cm³/mol. The highest BCUT2D eigenvalue weighted by Crippen LogP contribution is 2.35. The SMILES string of the molecule is CS(=O)(=O)Cc1nc(N)c2c(-c3ccccc3)csc2n1. The Morgan fingerprint density at radius 3 is 2.57 bits per heavy atom. The molecule has 0 aliphatic carbocycles. The van der Waals surface area contributed by atoms with Gasteiger partial charge in [-0.15, -0.1) is 11.3 Å². The van der Waals surface area contributed by atoms with Crippen LogP contribution in [0.1, 0.15) is 5.82 Å². The second-order valence-corrected chi connectivity index (χ2v) is 7.79. The van der Waals surface area contributed by atoms with Crippen molar-refractivity contribution in [1.82, 2.24) is 9.97 Å². The zero-order valence-electron chi connectivity index (χ0n) is 11.3. The monoisotopic (exact) mass is 319 g/mol. The topological polar surface area (TPSA) is 85.9 Å². The van der Waals surface area contributed by atoms with Crippen molar-refractivity contribution in [3.8, 4) is 11.1 Å². The lowest BCUT2D eigenvalue weighted by molar-refractivity contribution is 0.600. The summed E-state index contributed by atoms with van der Waals surface area (Å²) in [6, 6.07) is 9.83. The lowest BCUT2D eigenvalue weighted by atomic mass is 10.1. The van der Waals surface area contributed by atoms with Crippen LogP contribution in [-0.2, 0) is 15.6 Å². The van der Waals surface area contributed by atoms with Gasteiger partial charge in [0.2, 0.25) is 0 Å². The molecule has 0 aliphatic heterocycles. The molecule has 21 heavy (non-hydrogen) atoms. The summed E-state index contributed by atoms with van der Waals surface area (Å²) in [6.07, 6.45) is 1.15. The van der Waals surface area contributed by atoms with E-state index in [1.807, 2.05) is 35.7 Å². The average Bonchev–Trinajstić information content (AvgIpc) is 2.82. The van der Waals surface area contributed by atoms with Crippen LogP contribution in [0.15, 0.2) is 35.7 Å². The van der Waals surface area contributed by atoms with Crippen LogP contribution in [0.2, 0.25) is 0 Å². The van der Waals surface area contributed by atoms with Gasteiger partial charge in [-0.25, -0.2) is 18.4 Å². The summed E-state index contributed by atoms with van der Waals surface area (Å²) in [5.74, 6) is 0.355. The number of nitrogens with zero attached hydrogens (tertiary/aromatic N) is 2. The fourth-order valence-corrected chi connectivity index (χ4v) is 3.72. The fourth-order valence-electron chi connectivity index (χ4n) is 2.14. The molecule has 1 aromatic carbocycles. The Kier molecular flexibility index (Phi) is 3.38. The number of hydrogen-bond donors (Lipinski definition) is 1. The molecule has 3 aromatic rings. The Labute approximate surface area is 126 Å². The number of aromatic nitrogens is 2. The Bertz CT molecular complexity index is 903. The van der Waals surface area contributed by atoms with Gasteiger partial charge in [0, 0.05) is 17.2 Å². The largest absolute Gasteiger partial charge is 0.383 e. The van der Waals surface area contributed by atoms with E-state index in [0.717, 1.165) is 22.8 Å². The summed E-state index contributed by atoms with van der Waals surface area (Å²) in [7, 11) is -3.18. The molecule has 0 bridgehead atoms. The van der Waals surface area contributed by atoms with Gasteiger partial charge in [-0.1, -0.05) is 30.3 Å². The van der Waals surface area contributed by atoms with Crippen molar-refractivity contribution in [2.75, 3.05) is 12.0 Å². The van der Waals surface area contributed by atoms with Gasteiger partial charge in [0.25, 0.3) is 0 Å². The maximum Gasteiger partial charge on any atom is 0.154 e. The highest BCUT2D eigenvalue weighted by atomic mass is 32.2. The number of hydrogen-bond acceptors (Lipinski definition) is 6. The highest BCUT2D eigenvalue weighted by molar-refractivity contribution is 7.89. The van der Waals surface area contributed by atoms with Crippen LogP contribution in [0.5, 0.6) is 0 Å². The van der Waals surface area contributed by atoms with E-state index in [1.165, 1.54) is 11.3 Å². The molecular formula is C14H13N3O2S2. The van der Waals surface area contributed by atoms with Gasteiger partial charge >= 0.3 is 0 Å². The molecule has 3 rings (SSSR count). The van der Waals surface area contributed by atoms with Crippen molar-refractivity contribution in [3.63, 3.8) is 0 Å². The van der Waals surface area contributed by atoms with E-state index >= 15 is 0 Å². The summed E-state index contributed by atoms with van der Waals surface area (Å²) in [6.45, 7) is 0. The minimum atomic E-state index is -3.18. The molecule has 0 fully saturated rings. The number of benzene rings is 1. The predicted octanol–water partition coefficient (Wildman–Crippen LogP) is 2.49. The van der Waals surface area contributed by atoms with Gasteiger partial charge < -0.3 is 5.73 Å². The minimum absolute atomic E-state index is 0.203. The fraction of sp³-hybridized carbons (Fsp3) is 0.143. The molecule has 7 heteroatoms. The number of nitrogen functional groups attached to an aromatic ring is 1. The molecule has 0 atom stereocenters. The molecule has 2 N–H and O–H groups in total. The van der Waals surface area contributed by atoms with Gasteiger partial charge in [0.15, 0.2) is 9.84 Å². The van der Waals surface area contributed by atoms with Crippen molar-refractivity contribution >= 4 is 37.2 Å². The van der Waals surface area contributed by atoms with Crippen LogP contribution < -0.4 is 5.73 Å². The van der Waals surface area contributed by atoms with Crippen molar-refractivity contribution in [2.45, 2.75) is 5.75 Å². The third-order valence-electron chi connectivity index (χ3n) is 2.98. The summed E-state index contributed by atoms with van der Waals surface area (Å²) >= 11 is 1.44. The molecule has 108 valence electrons. The Balaban J connectivity index is 2.16. The quantitative estimate of drug-likeness (QED) is 0.801. The zero-order valence-corrected chi connectivity index (χ0v) is 12.9. The third-order valence-corrected chi connectivity index (χ3v) is 4.64. The normalized spacial score (nSPS) is 11.9. The summed E-state index contributed by atoms with van der Waals surface area (Å²) in [5, 5.41) is 2.75. The number of anilines is 1. The molecule has 0 amide bonds. The van der Waals surface area contributed by atoms with Crippen LogP contribution >= 0.6 is 11.3 Å². The Morgan fingerprint density at radius 1 is 1.19 bits per heavy atom. The molecule has 0 aliphatic rings. The maximum absolute atomic E-state index is 11.4. The smallest absolute Gasteiger partial charge is 0.154 e. The van der Waals surface area contributed by atoms with E-state index in [9.17, 15) is 8.42 Å². The first-order chi connectivity index (χ1) is 9.94. The lowest BCUT2D eigenvalue weighted by Crippen LogP contribution is -2.07. The van der Waals surface area contributed by atoms with E-state index < -0.39 is 9.84 Å². The molecule has 2 heterocycles. The van der Waals surface area contributed by atoms with Crippen molar-refractivity contribution < 1.29 is 8.42 Å². The zero-order chi connectivity index (χ0) is 15.0. The van der Waals surface area contributed by atoms with E-state index in [4.69, 9.17) is 5.73 Å². The van der Waals surface area contributed by atoms with Gasteiger partial charge in [-0.3, -0.25) is 0 Å². The van der Waals surface area contributed by atoms with Gasteiger partial charge in [-0.2, -0.15) is 0 Å². The standard InChI is InChI=1S/C14H13N3O2S2/c1-21(18,19)8-11-16-13(15)12-10(7-20-14(12)17-11)9-5-3-2-4-6-9/h2-7H,8H2,1H3,(H2,15,16,17). The summed E-state index contributed by atoms with van der Waals surface area (Å²) < 4.78 is 22.7. The third kappa shape index (κ3) is 2.88. The number of nitrogens with two attached hydrogens (primary N) is 1. The molecule has 0 spiro atoms. The van der Waals surface area contributed by atoms with Crippen LogP contribution in [0.25, 0.3) is 21.3 Å². The Hall–Kier alpha value is -1.99. The van der Waals surface area contributed by atoms with E-state index in [-0.39, 0.29) is 11.6 Å². The molecule has 0 unspecified atom stereocenters. The molecule has 0 saturated carbocycles. The number of thiophene rings is 1. The molecular weight excluding hydrogens is 306 g/mol. The maximum atomic E-state index is 11.4. The molecule has 2 aromatic heterocycles. The summed E-state index contributed by atoms with van der Waals surface area (Å²) in [4.78, 5) is 9.16. The highest BCUT2D eigenvalue weighted by Gasteiger charge is 2.15. The van der Waals surface area contributed by atoms with E-state index in [0.29, 0.717) is 10.6 Å². The van der Waals surface area contributed by atoms with Crippen molar-refractivity contribution in [3.05, 3.63) is 41.5 Å². The average molecular weight is 319 g/mol. The first-order valence-electron chi connectivity index (χ1n) is 6.21. The van der Waals surface area contributed by atoms with Crippen LogP contribution in [0.4, 0.5) is 5.82 Å². The number of rotatable bonds is 3. The van der Waals surface area contributed by atoms with E-state index in [1.54, 1.807) is 0 Å². The van der Waals surface area contributed by atoms with Gasteiger partial charge in [0.05, 0.1) is 5.39 Å². The summed E-state index contributed by atoms with van der Waals surface area (Å²) in [5.41, 5.74) is 8.03. The van der Waals surface area contributed by atoms with Gasteiger partial charge in [0.1, 0.15) is 22.2 Å². The first-order valence-corrected chi connectivity index (χ1v) is 9.15. The molecule has 0 saturated heterocycles. The molecule has 5 nitrogen and oxygen atoms in total. The second-order valence-electron chi connectivity index (χ2n) is 4.79. The van der Waals surface area contributed by atoms with E-state index in [2.05, 4.69) is 9.97 Å². The van der Waals surface area contributed by atoms with Crippen molar-refractivity contribution in [1.29, 1.82) is 0 Å². The molecule has 0 radical (unpaired) electrons. The van der Waals surface area contributed by atoms with Crippen LogP contribution in [0.3, 0.4) is 0 Å². The minimum Gasteiger partial charge on any atom is -0.383 e. The van der Waals surface area contributed by atoms with Crippen LogP contribution in [-0.4, -0.2) is 24.6 Å². The van der Waals surface area contributed by atoms with Crippen molar-refractivity contribution in [2.24, 2.45) is 0 Å². The van der Waals surface area contributed by atoms with Gasteiger partial charge in [-0.05, 0) is 5.56 Å². The number of sulfone groups is 1. The number of fused-ring (bicyclic) bond motifs is 1. The first kappa shape index (κ1) is 14.0. The second kappa shape index (κ2) is 5.09. The van der Waals surface area contributed by atoms with Crippen LogP contribution in [0, 0.1) is 0 Å².